The summed E-state index contributed by atoms with van der Waals surface area (Å²) in [7, 11) is -3.43. The van der Waals surface area contributed by atoms with Gasteiger partial charge in [-0.3, -0.25) is 0 Å². The molecule has 1 saturated heterocycles. The number of nitrogens with zero attached hydrogens (tertiary/aromatic N) is 2. The number of rotatable bonds is 4. The van der Waals surface area contributed by atoms with Crippen LogP contribution >= 0.6 is 0 Å². The highest BCUT2D eigenvalue weighted by Gasteiger charge is 2.41. The molecule has 0 saturated carbocycles. The second kappa shape index (κ2) is 5.16. The van der Waals surface area contributed by atoms with Gasteiger partial charge in [-0.2, -0.15) is 4.31 Å². The molecule has 0 unspecified atom stereocenters. The van der Waals surface area contributed by atoms with Crippen LogP contribution in [-0.2, 0) is 16.6 Å². The molecular weight excluding hydrogens is 274 g/mol. The van der Waals surface area contributed by atoms with Gasteiger partial charge in [0.05, 0.1) is 0 Å². The van der Waals surface area contributed by atoms with Gasteiger partial charge in [0.2, 0.25) is 10.0 Å². The van der Waals surface area contributed by atoms with E-state index >= 15 is 0 Å². The molecule has 0 bridgehead atoms. The Hall–Kier alpha value is -0.850. The summed E-state index contributed by atoms with van der Waals surface area (Å²) in [6, 6.07) is 1.91. The van der Waals surface area contributed by atoms with Gasteiger partial charge in [-0.15, -0.1) is 0 Å². The van der Waals surface area contributed by atoms with Crippen LogP contribution in [-0.4, -0.2) is 29.4 Å². The third-order valence-corrected chi connectivity index (χ3v) is 6.16. The first-order chi connectivity index (χ1) is 9.20. The lowest BCUT2D eigenvalue weighted by atomic mass is 10.0. The van der Waals surface area contributed by atoms with Crippen molar-refractivity contribution >= 4 is 10.0 Å². The SMILES string of the molecule is CC(C)n1cc(S(=O)(=O)N2CCCC2(C)C)cc1CN. The third kappa shape index (κ3) is 2.52. The first-order valence-electron chi connectivity index (χ1n) is 7.14. The van der Waals surface area contributed by atoms with E-state index in [9.17, 15) is 8.42 Å². The lowest BCUT2D eigenvalue weighted by Gasteiger charge is -2.30. The molecule has 1 fully saturated rings. The van der Waals surface area contributed by atoms with Crippen molar-refractivity contribution in [1.29, 1.82) is 0 Å². The van der Waals surface area contributed by atoms with Crippen LogP contribution in [0.5, 0.6) is 0 Å². The van der Waals surface area contributed by atoms with Crippen molar-refractivity contribution < 1.29 is 8.42 Å². The highest BCUT2D eigenvalue weighted by Crippen LogP contribution is 2.34. The summed E-state index contributed by atoms with van der Waals surface area (Å²) in [5.41, 5.74) is 6.28. The summed E-state index contributed by atoms with van der Waals surface area (Å²) in [4.78, 5) is 0.363. The molecule has 20 heavy (non-hydrogen) atoms. The number of hydrogen-bond acceptors (Lipinski definition) is 3. The second-order valence-corrected chi connectivity index (χ2v) is 8.23. The highest BCUT2D eigenvalue weighted by atomic mass is 32.2. The van der Waals surface area contributed by atoms with Crippen molar-refractivity contribution in [3.8, 4) is 0 Å². The number of aromatic nitrogens is 1. The van der Waals surface area contributed by atoms with Crippen molar-refractivity contribution in [3.05, 3.63) is 18.0 Å². The molecule has 0 radical (unpaired) electrons. The summed E-state index contributed by atoms with van der Waals surface area (Å²) in [5, 5.41) is 0. The standard InChI is InChI=1S/C14H25N3O2S/c1-11(2)16-10-13(8-12(16)9-15)20(18,19)17-7-5-6-14(17,3)4/h8,10-11H,5-7,9,15H2,1-4H3. The topological polar surface area (TPSA) is 68.3 Å². The Kier molecular flexibility index (Phi) is 4.01. The molecule has 1 aromatic rings. The maximum Gasteiger partial charge on any atom is 0.245 e. The molecule has 0 spiro atoms. The molecule has 1 aliphatic rings. The molecule has 2 heterocycles. The van der Waals surface area contributed by atoms with E-state index < -0.39 is 10.0 Å². The monoisotopic (exact) mass is 299 g/mol. The van der Waals surface area contributed by atoms with E-state index in [4.69, 9.17) is 5.73 Å². The summed E-state index contributed by atoms with van der Waals surface area (Å²) in [6.07, 6.45) is 3.54. The summed E-state index contributed by atoms with van der Waals surface area (Å²) in [6.45, 7) is 8.96. The minimum Gasteiger partial charge on any atom is -0.346 e. The molecule has 1 aromatic heterocycles. The lowest BCUT2D eigenvalue weighted by molar-refractivity contribution is 0.291. The predicted molar refractivity (Wildman–Crippen MR) is 79.9 cm³/mol. The van der Waals surface area contributed by atoms with Gasteiger partial charge in [0.15, 0.2) is 0 Å². The fourth-order valence-corrected chi connectivity index (χ4v) is 4.84. The average Bonchev–Trinajstić information content (AvgIpc) is 2.92. The number of sulfonamides is 1. The van der Waals surface area contributed by atoms with Crippen LogP contribution in [0.25, 0.3) is 0 Å². The molecule has 114 valence electrons. The Balaban J connectivity index is 2.45. The first kappa shape index (κ1) is 15.5. The Morgan fingerprint density at radius 2 is 2.05 bits per heavy atom. The largest absolute Gasteiger partial charge is 0.346 e. The van der Waals surface area contributed by atoms with Gasteiger partial charge in [-0.05, 0) is 46.6 Å². The Bertz CT molecular complexity index is 588. The molecule has 0 amide bonds. The fraction of sp³-hybridized carbons (Fsp3) is 0.714. The van der Waals surface area contributed by atoms with Gasteiger partial charge >= 0.3 is 0 Å². The van der Waals surface area contributed by atoms with E-state index in [1.54, 1.807) is 16.6 Å². The van der Waals surface area contributed by atoms with Gasteiger partial charge in [-0.25, -0.2) is 8.42 Å². The highest BCUT2D eigenvalue weighted by molar-refractivity contribution is 7.89. The van der Waals surface area contributed by atoms with Crippen molar-refractivity contribution in [1.82, 2.24) is 8.87 Å². The third-order valence-electron chi connectivity index (χ3n) is 4.09. The second-order valence-electron chi connectivity index (χ2n) is 6.37. The fourth-order valence-electron chi connectivity index (χ4n) is 2.94. The zero-order valence-corrected chi connectivity index (χ0v) is 13.6. The molecule has 0 aromatic carbocycles. The van der Waals surface area contributed by atoms with Crippen LogP contribution in [0.4, 0.5) is 0 Å². The smallest absolute Gasteiger partial charge is 0.245 e. The number of hydrogen-bond donors (Lipinski definition) is 1. The van der Waals surface area contributed by atoms with Gasteiger partial charge in [0, 0.05) is 36.6 Å². The van der Waals surface area contributed by atoms with Crippen LogP contribution in [0.1, 0.15) is 52.3 Å². The van der Waals surface area contributed by atoms with Crippen molar-refractivity contribution in [2.24, 2.45) is 5.73 Å². The minimum absolute atomic E-state index is 0.198. The van der Waals surface area contributed by atoms with E-state index in [0.717, 1.165) is 18.5 Å². The molecule has 5 nitrogen and oxygen atoms in total. The molecule has 1 aliphatic heterocycles. The van der Waals surface area contributed by atoms with E-state index in [1.165, 1.54) is 0 Å². The van der Waals surface area contributed by atoms with Gasteiger partial charge < -0.3 is 10.3 Å². The predicted octanol–water partition coefficient (Wildman–Crippen LogP) is 2.09. The number of nitrogens with two attached hydrogens (primary N) is 1. The molecule has 0 aliphatic carbocycles. The van der Waals surface area contributed by atoms with E-state index in [-0.39, 0.29) is 11.6 Å². The van der Waals surface area contributed by atoms with Crippen molar-refractivity contribution in [2.45, 2.75) is 63.6 Å². The van der Waals surface area contributed by atoms with Crippen LogP contribution in [0, 0.1) is 0 Å². The molecule has 6 heteroatoms. The van der Waals surface area contributed by atoms with Crippen LogP contribution in [0.3, 0.4) is 0 Å². The van der Waals surface area contributed by atoms with E-state index in [0.29, 0.717) is 18.0 Å². The Morgan fingerprint density at radius 1 is 1.40 bits per heavy atom. The lowest BCUT2D eigenvalue weighted by Crippen LogP contribution is -2.42. The zero-order chi connectivity index (χ0) is 15.1. The van der Waals surface area contributed by atoms with Crippen LogP contribution in [0.15, 0.2) is 17.2 Å². The van der Waals surface area contributed by atoms with Crippen molar-refractivity contribution in [3.63, 3.8) is 0 Å². The molecule has 2 N–H and O–H groups in total. The Morgan fingerprint density at radius 3 is 2.45 bits per heavy atom. The zero-order valence-electron chi connectivity index (χ0n) is 12.8. The first-order valence-corrected chi connectivity index (χ1v) is 8.58. The van der Waals surface area contributed by atoms with Crippen LogP contribution in [0.2, 0.25) is 0 Å². The van der Waals surface area contributed by atoms with Crippen molar-refractivity contribution in [2.75, 3.05) is 6.54 Å². The molecule has 0 atom stereocenters. The summed E-state index contributed by atoms with van der Waals surface area (Å²) in [5.74, 6) is 0. The van der Waals surface area contributed by atoms with Gasteiger partial charge in [-0.1, -0.05) is 0 Å². The minimum atomic E-state index is -3.43. The van der Waals surface area contributed by atoms with Gasteiger partial charge in [0.1, 0.15) is 4.90 Å². The van der Waals surface area contributed by atoms with Crippen LogP contribution < -0.4 is 5.73 Å². The maximum atomic E-state index is 12.8. The van der Waals surface area contributed by atoms with E-state index in [2.05, 4.69) is 0 Å². The quantitative estimate of drug-likeness (QED) is 0.925. The van der Waals surface area contributed by atoms with E-state index in [1.807, 2.05) is 32.3 Å². The summed E-state index contributed by atoms with van der Waals surface area (Å²) < 4.78 is 29.2. The Labute approximate surface area is 121 Å². The normalized spacial score (nSPS) is 19.9. The maximum absolute atomic E-state index is 12.8. The summed E-state index contributed by atoms with van der Waals surface area (Å²) >= 11 is 0. The molecule has 2 rings (SSSR count). The average molecular weight is 299 g/mol. The van der Waals surface area contributed by atoms with Gasteiger partial charge in [0.25, 0.3) is 0 Å². The molecular formula is C14H25N3O2S.